The molecule has 184 valence electrons. The topological polar surface area (TPSA) is 88.6 Å². The Morgan fingerprint density at radius 2 is 2.03 bits per heavy atom. The summed E-state index contributed by atoms with van der Waals surface area (Å²) in [5.74, 6) is 1.06. The summed E-state index contributed by atoms with van der Waals surface area (Å²) in [6, 6.07) is 11.5. The van der Waals surface area contributed by atoms with E-state index in [-0.39, 0.29) is 5.91 Å². The minimum atomic E-state index is -0.163. The number of amides is 1. The maximum absolute atomic E-state index is 12.9. The van der Waals surface area contributed by atoms with E-state index in [1.165, 1.54) is 6.33 Å². The fourth-order valence-electron chi connectivity index (χ4n) is 4.04. The van der Waals surface area contributed by atoms with Crippen molar-refractivity contribution in [1.82, 2.24) is 14.9 Å². The number of anilines is 3. The summed E-state index contributed by atoms with van der Waals surface area (Å²) in [5, 5.41) is 7.14. The van der Waals surface area contributed by atoms with E-state index in [1.54, 1.807) is 13.2 Å². The van der Waals surface area contributed by atoms with Crippen LogP contribution < -0.4 is 15.4 Å². The van der Waals surface area contributed by atoms with Crippen molar-refractivity contribution in [2.24, 2.45) is 0 Å². The van der Waals surface area contributed by atoms with Gasteiger partial charge < -0.3 is 25.0 Å². The van der Waals surface area contributed by atoms with E-state index in [2.05, 4.69) is 41.4 Å². The van der Waals surface area contributed by atoms with Crippen molar-refractivity contribution in [3.05, 3.63) is 58.8 Å². The van der Waals surface area contributed by atoms with Gasteiger partial charge in [0, 0.05) is 54.4 Å². The molecule has 0 aliphatic carbocycles. The van der Waals surface area contributed by atoms with E-state index in [9.17, 15) is 4.79 Å². The second-order valence-corrected chi connectivity index (χ2v) is 9.20. The van der Waals surface area contributed by atoms with Crippen LogP contribution in [-0.4, -0.2) is 60.7 Å². The summed E-state index contributed by atoms with van der Waals surface area (Å²) in [4.78, 5) is 24.1. The zero-order valence-electron chi connectivity index (χ0n) is 20.0. The number of likely N-dealkylation sites (tertiary alicyclic amines) is 1. The monoisotopic (exact) mass is 539 g/mol. The number of nitrogens with one attached hydrogen (secondary N) is 2. The predicted molar refractivity (Wildman–Crippen MR) is 142 cm³/mol. The number of rotatable bonds is 9. The van der Waals surface area contributed by atoms with Crippen LogP contribution in [0.3, 0.4) is 0 Å². The lowest BCUT2D eigenvalue weighted by Gasteiger charge is -2.27. The van der Waals surface area contributed by atoms with E-state index >= 15 is 0 Å². The number of nitrogens with zero attached hydrogens (tertiary/aromatic N) is 3. The summed E-state index contributed by atoms with van der Waals surface area (Å²) in [5.41, 5.74) is 3.35. The standard InChI is InChI=1S/C26H30BrN5O3/c1-3-35-24-16-22-21(26(29-17-28-22)30-20-6-4-5-19(27)14-20)15-23(24)31-25(33)13-18-7-9-32(10-8-18)11-12-34-2/h4-6,13-17H,3,7-12H2,1-2H3,(H,31,33)(H,28,29,30). The second-order valence-electron chi connectivity index (χ2n) is 8.28. The van der Waals surface area contributed by atoms with Gasteiger partial charge in [0.1, 0.15) is 17.9 Å². The van der Waals surface area contributed by atoms with E-state index < -0.39 is 0 Å². The van der Waals surface area contributed by atoms with Gasteiger partial charge in [-0.1, -0.05) is 27.6 Å². The van der Waals surface area contributed by atoms with Crippen LogP contribution in [0.15, 0.2) is 58.8 Å². The van der Waals surface area contributed by atoms with Gasteiger partial charge in [-0.05, 0) is 44.0 Å². The van der Waals surface area contributed by atoms with Crippen molar-refractivity contribution in [3.8, 4) is 5.75 Å². The maximum Gasteiger partial charge on any atom is 0.248 e. The van der Waals surface area contributed by atoms with Gasteiger partial charge in [-0.25, -0.2) is 9.97 Å². The van der Waals surface area contributed by atoms with Crippen molar-refractivity contribution >= 4 is 49.9 Å². The van der Waals surface area contributed by atoms with Gasteiger partial charge >= 0.3 is 0 Å². The van der Waals surface area contributed by atoms with Crippen molar-refractivity contribution in [1.29, 1.82) is 0 Å². The van der Waals surface area contributed by atoms with Crippen LogP contribution in [-0.2, 0) is 9.53 Å². The first-order chi connectivity index (χ1) is 17.1. The Labute approximate surface area is 213 Å². The maximum atomic E-state index is 12.9. The molecule has 3 aromatic rings. The normalized spacial score (nSPS) is 14.1. The predicted octanol–water partition coefficient (Wildman–Crippen LogP) is 5.14. The van der Waals surface area contributed by atoms with Crippen LogP contribution >= 0.6 is 15.9 Å². The summed E-state index contributed by atoms with van der Waals surface area (Å²) < 4.78 is 11.9. The highest BCUT2D eigenvalue weighted by Crippen LogP contribution is 2.34. The molecule has 2 N–H and O–H groups in total. The first kappa shape index (κ1) is 25.1. The van der Waals surface area contributed by atoms with E-state index in [4.69, 9.17) is 9.47 Å². The quantitative estimate of drug-likeness (QED) is 0.364. The first-order valence-corrected chi connectivity index (χ1v) is 12.5. The summed E-state index contributed by atoms with van der Waals surface area (Å²) in [6.07, 6.45) is 4.99. The fraction of sp³-hybridized carbons (Fsp3) is 0.346. The molecule has 0 unspecified atom stereocenters. The smallest absolute Gasteiger partial charge is 0.248 e. The van der Waals surface area contributed by atoms with Crippen LogP contribution in [0, 0.1) is 0 Å². The Hall–Kier alpha value is -3.01. The number of hydrogen-bond donors (Lipinski definition) is 2. The average Bonchev–Trinajstić information content (AvgIpc) is 2.84. The van der Waals surface area contributed by atoms with Crippen molar-refractivity contribution in [2.45, 2.75) is 19.8 Å². The van der Waals surface area contributed by atoms with E-state index in [0.29, 0.717) is 23.9 Å². The number of hydrogen-bond acceptors (Lipinski definition) is 7. The summed E-state index contributed by atoms with van der Waals surface area (Å²) in [7, 11) is 1.72. The lowest BCUT2D eigenvalue weighted by atomic mass is 10.0. The Morgan fingerprint density at radius 3 is 2.77 bits per heavy atom. The van der Waals surface area contributed by atoms with Crippen LogP contribution in [0.25, 0.3) is 10.9 Å². The van der Waals surface area contributed by atoms with Crippen molar-refractivity contribution in [2.75, 3.05) is 50.6 Å². The lowest BCUT2D eigenvalue weighted by Crippen LogP contribution is -2.33. The number of halogens is 1. The highest BCUT2D eigenvalue weighted by Gasteiger charge is 2.16. The zero-order valence-corrected chi connectivity index (χ0v) is 21.6. The SMILES string of the molecule is CCOc1cc2ncnc(Nc3cccc(Br)c3)c2cc1NC(=O)C=C1CCN(CCOC)CC1. The van der Waals surface area contributed by atoms with Gasteiger partial charge in [-0.2, -0.15) is 0 Å². The number of ether oxygens (including phenoxy) is 2. The Morgan fingerprint density at radius 1 is 1.20 bits per heavy atom. The molecule has 1 fully saturated rings. The van der Waals surface area contributed by atoms with Gasteiger partial charge in [0.15, 0.2) is 0 Å². The highest BCUT2D eigenvalue weighted by molar-refractivity contribution is 9.10. The van der Waals surface area contributed by atoms with Crippen molar-refractivity contribution in [3.63, 3.8) is 0 Å². The molecule has 2 heterocycles. The molecular weight excluding hydrogens is 510 g/mol. The number of carbonyl (C=O) groups is 1. The summed E-state index contributed by atoms with van der Waals surface area (Å²) in [6.45, 7) is 5.90. The first-order valence-electron chi connectivity index (χ1n) is 11.7. The van der Waals surface area contributed by atoms with Gasteiger partial charge in [-0.3, -0.25) is 4.79 Å². The molecule has 4 rings (SSSR count). The second kappa shape index (κ2) is 12.1. The Balaban J connectivity index is 1.55. The van der Waals surface area contributed by atoms with Crippen LogP contribution in [0.1, 0.15) is 19.8 Å². The summed E-state index contributed by atoms with van der Waals surface area (Å²) >= 11 is 3.50. The minimum absolute atomic E-state index is 0.163. The molecule has 1 saturated heterocycles. The molecule has 0 saturated carbocycles. The molecule has 0 radical (unpaired) electrons. The molecule has 0 bridgehead atoms. The van der Waals surface area contributed by atoms with E-state index in [1.807, 2.05) is 43.3 Å². The van der Waals surface area contributed by atoms with Crippen LogP contribution in [0.4, 0.5) is 17.2 Å². The van der Waals surface area contributed by atoms with Crippen LogP contribution in [0.2, 0.25) is 0 Å². The molecule has 1 aromatic heterocycles. The molecule has 8 nitrogen and oxygen atoms in total. The number of methoxy groups -OCH3 is 1. The molecule has 1 amide bonds. The molecular formula is C26H30BrN5O3. The number of piperidine rings is 1. The van der Waals surface area contributed by atoms with Gasteiger partial charge in [0.05, 0.1) is 24.4 Å². The third-order valence-electron chi connectivity index (χ3n) is 5.83. The lowest BCUT2D eigenvalue weighted by molar-refractivity contribution is -0.112. The number of benzene rings is 2. The Bertz CT molecular complexity index is 1210. The zero-order chi connectivity index (χ0) is 24.6. The van der Waals surface area contributed by atoms with Crippen molar-refractivity contribution < 1.29 is 14.3 Å². The molecule has 9 heteroatoms. The van der Waals surface area contributed by atoms with E-state index in [0.717, 1.165) is 65.7 Å². The van der Waals surface area contributed by atoms with Gasteiger partial charge in [-0.15, -0.1) is 0 Å². The molecule has 0 atom stereocenters. The minimum Gasteiger partial charge on any atom is -0.492 e. The number of aromatic nitrogens is 2. The van der Waals surface area contributed by atoms with Gasteiger partial charge in [0.2, 0.25) is 5.91 Å². The third kappa shape index (κ3) is 6.78. The van der Waals surface area contributed by atoms with Crippen LogP contribution in [0.5, 0.6) is 5.75 Å². The number of fused-ring (bicyclic) bond motifs is 1. The molecule has 2 aromatic carbocycles. The van der Waals surface area contributed by atoms with Gasteiger partial charge in [0.25, 0.3) is 0 Å². The molecule has 0 spiro atoms. The molecule has 1 aliphatic heterocycles. The largest absolute Gasteiger partial charge is 0.492 e. The highest BCUT2D eigenvalue weighted by atomic mass is 79.9. The molecule has 35 heavy (non-hydrogen) atoms. The average molecular weight is 540 g/mol. The Kier molecular flexibility index (Phi) is 8.68. The fourth-order valence-corrected chi connectivity index (χ4v) is 4.44. The third-order valence-corrected chi connectivity index (χ3v) is 6.32. The molecule has 1 aliphatic rings. The number of carbonyl (C=O) groups excluding carboxylic acids is 1.